The van der Waals surface area contributed by atoms with Crippen LogP contribution in [0.1, 0.15) is 18.9 Å². The number of aromatic nitrogens is 2. The maximum absolute atomic E-state index is 5.41. The second-order valence-electron chi connectivity index (χ2n) is 4.89. The summed E-state index contributed by atoms with van der Waals surface area (Å²) in [5.74, 6) is 1.48. The average Bonchev–Trinajstić information content (AvgIpc) is 2.96. The van der Waals surface area contributed by atoms with Gasteiger partial charge in [-0.25, -0.2) is 0 Å². The molecule has 21 heavy (non-hydrogen) atoms. The quantitative estimate of drug-likeness (QED) is 0.851. The molecule has 5 heteroatoms. The zero-order valence-electron chi connectivity index (χ0n) is 13.1. The van der Waals surface area contributed by atoms with Crippen molar-refractivity contribution in [3.05, 3.63) is 30.1 Å². The van der Waals surface area contributed by atoms with Crippen LogP contribution in [0.5, 0.6) is 11.5 Å². The van der Waals surface area contributed by atoms with E-state index in [1.54, 1.807) is 14.2 Å². The Morgan fingerprint density at radius 2 is 1.90 bits per heavy atom. The summed E-state index contributed by atoms with van der Waals surface area (Å²) in [6.07, 6.45) is 5.04. The molecule has 2 aromatic rings. The van der Waals surface area contributed by atoms with Gasteiger partial charge in [0, 0.05) is 24.8 Å². The van der Waals surface area contributed by atoms with Crippen LogP contribution in [0.25, 0.3) is 11.1 Å². The second kappa shape index (κ2) is 7.13. The molecule has 0 saturated carbocycles. The summed E-state index contributed by atoms with van der Waals surface area (Å²) in [7, 11) is 5.24. The number of hydrogen-bond donors (Lipinski definition) is 1. The predicted octanol–water partition coefficient (Wildman–Crippen LogP) is 2.70. The minimum Gasteiger partial charge on any atom is -0.493 e. The molecule has 0 spiro atoms. The van der Waals surface area contributed by atoms with Crippen molar-refractivity contribution < 1.29 is 9.47 Å². The summed E-state index contributed by atoms with van der Waals surface area (Å²) in [6, 6.07) is 4.03. The van der Waals surface area contributed by atoms with Crippen LogP contribution < -0.4 is 14.8 Å². The van der Waals surface area contributed by atoms with Crippen molar-refractivity contribution in [3.63, 3.8) is 0 Å². The Labute approximate surface area is 125 Å². The third-order valence-corrected chi connectivity index (χ3v) is 3.37. The van der Waals surface area contributed by atoms with Gasteiger partial charge in [-0.2, -0.15) is 5.10 Å². The third-order valence-electron chi connectivity index (χ3n) is 3.37. The lowest BCUT2D eigenvalue weighted by Crippen LogP contribution is -2.07. The van der Waals surface area contributed by atoms with Crippen LogP contribution in [0, 0.1) is 0 Å². The molecule has 1 N–H and O–H groups in total. The maximum Gasteiger partial charge on any atom is 0.161 e. The lowest BCUT2D eigenvalue weighted by Gasteiger charge is -2.14. The maximum atomic E-state index is 5.41. The number of methoxy groups -OCH3 is 2. The van der Waals surface area contributed by atoms with Gasteiger partial charge in [-0.1, -0.05) is 6.92 Å². The smallest absolute Gasteiger partial charge is 0.161 e. The summed E-state index contributed by atoms with van der Waals surface area (Å²) in [5, 5.41) is 7.60. The second-order valence-corrected chi connectivity index (χ2v) is 4.89. The highest BCUT2D eigenvalue weighted by Gasteiger charge is 2.13. The molecule has 0 atom stereocenters. The fourth-order valence-electron chi connectivity index (χ4n) is 2.38. The molecule has 0 saturated heterocycles. The Morgan fingerprint density at radius 1 is 1.19 bits per heavy atom. The number of nitrogens with zero attached hydrogens (tertiary/aromatic N) is 2. The fraction of sp³-hybridized carbons (Fsp3) is 0.438. The molecule has 0 aliphatic carbocycles. The summed E-state index contributed by atoms with van der Waals surface area (Å²) in [6.45, 7) is 3.83. The first-order valence-corrected chi connectivity index (χ1v) is 7.15. The van der Waals surface area contributed by atoms with Crippen molar-refractivity contribution in [1.82, 2.24) is 15.1 Å². The molecule has 0 aliphatic rings. The molecule has 1 aromatic heterocycles. The van der Waals surface area contributed by atoms with E-state index >= 15 is 0 Å². The Balaban J connectivity index is 2.48. The van der Waals surface area contributed by atoms with Gasteiger partial charge < -0.3 is 14.8 Å². The standard InChI is InChI=1S/C16H23N3O2/c1-5-6-19-11-13(10-18-19)14-8-16(21-4)15(20-3)7-12(14)9-17-2/h7-8,10-11,17H,5-6,9H2,1-4H3. The molecule has 0 unspecified atom stereocenters. The summed E-state index contributed by atoms with van der Waals surface area (Å²) < 4.78 is 12.8. The Bertz CT molecular complexity index is 593. The molecule has 5 nitrogen and oxygen atoms in total. The molecule has 114 valence electrons. The number of ether oxygens (including phenoxy) is 2. The van der Waals surface area contributed by atoms with Gasteiger partial charge in [-0.15, -0.1) is 0 Å². The lowest BCUT2D eigenvalue weighted by atomic mass is 10.0. The first-order chi connectivity index (χ1) is 10.2. The van der Waals surface area contributed by atoms with E-state index in [1.807, 2.05) is 30.1 Å². The Morgan fingerprint density at radius 3 is 2.52 bits per heavy atom. The van der Waals surface area contributed by atoms with E-state index < -0.39 is 0 Å². The molecule has 0 aliphatic heterocycles. The van der Waals surface area contributed by atoms with Crippen molar-refractivity contribution >= 4 is 0 Å². The van der Waals surface area contributed by atoms with Gasteiger partial charge in [-0.3, -0.25) is 4.68 Å². The van der Waals surface area contributed by atoms with E-state index in [0.717, 1.165) is 47.7 Å². The zero-order chi connectivity index (χ0) is 15.2. The summed E-state index contributed by atoms with van der Waals surface area (Å²) >= 11 is 0. The number of hydrogen-bond acceptors (Lipinski definition) is 4. The largest absolute Gasteiger partial charge is 0.493 e. The topological polar surface area (TPSA) is 48.3 Å². The van der Waals surface area contributed by atoms with E-state index in [-0.39, 0.29) is 0 Å². The van der Waals surface area contributed by atoms with Crippen LogP contribution in [0.15, 0.2) is 24.5 Å². The third kappa shape index (κ3) is 3.36. The highest BCUT2D eigenvalue weighted by atomic mass is 16.5. The minimum atomic E-state index is 0.732. The molecule has 1 heterocycles. The van der Waals surface area contributed by atoms with Gasteiger partial charge in [0.25, 0.3) is 0 Å². The molecular weight excluding hydrogens is 266 g/mol. The molecule has 1 aromatic carbocycles. The van der Waals surface area contributed by atoms with E-state index in [2.05, 4.69) is 23.5 Å². The van der Waals surface area contributed by atoms with Crippen molar-refractivity contribution in [3.8, 4) is 22.6 Å². The fourth-order valence-corrected chi connectivity index (χ4v) is 2.38. The average molecular weight is 289 g/mol. The van der Waals surface area contributed by atoms with Gasteiger partial charge in [0.05, 0.1) is 20.4 Å². The van der Waals surface area contributed by atoms with E-state index in [1.165, 1.54) is 0 Å². The first-order valence-electron chi connectivity index (χ1n) is 7.15. The van der Waals surface area contributed by atoms with Gasteiger partial charge in [0.1, 0.15) is 0 Å². The van der Waals surface area contributed by atoms with Crippen molar-refractivity contribution in [2.24, 2.45) is 0 Å². The Kier molecular flexibility index (Phi) is 5.22. The van der Waals surface area contributed by atoms with E-state index in [9.17, 15) is 0 Å². The minimum absolute atomic E-state index is 0.732. The molecular formula is C16H23N3O2. The summed E-state index contributed by atoms with van der Waals surface area (Å²) in [4.78, 5) is 0. The van der Waals surface area contributed by atoms with Crippen LogP contribution in [-0.2, 0) is 13.1 Å². The van der Waals surface area contributed by atoms with Crippen molar-refractivity contribution in [2.75, 3.05) is 21.3 Å². The number of rotatable bonds is 7. The van der Waals surface area contributed by atoms with Gasteiger partial charge >= 0.3 is 0 Å². The van der Waals surface area contributed by atoms with Crippen LogP contribution in [0.3, 0.4) is 0 Å². The molecule has 0 bridgehead atoms. The zero-order valence-corrected chi connectivity index (χ0v) is 13.1. The van der Waals surface area contributed by atoms with Gasteiger partial charge in [0.2, 0.25) is 0 Å². The molecule has 0 radical (unpaired) electrons. The first kappa shape index (κ1) is 15.4. The normalized spacial score (nSPS) is 10.7. The van der Waals surface area contributed by atoms with E-state index in [4.69, 9.17) is 9.47 Å². The highest BCUT2D eigenvalue weighted by Crippen LogP contribution is 2.35. The van der Waals surface area contributed by atoms with Crippen molar-refractivity contribution in [2.45, 2.75) is 26.4 Å². The summed E-state index contributed by atoms with van der Waals surface area (Å²) in [5.41, 5.74) is 3.37. The molecule has 0 fully saturated rings. The molecule has 2 rings (SSSR count). The van der Waals surface area contributed by atoms with Crippen LogP contribution in [-0.4, -0.2) is 31.0 Å². The number of benzene rings is 1. The van der Waals surface area contributed by atoms with E-state index in [0.29, 0.717) is 0 Å². The van der Waals surface area contributed by atoms with Gasteiger partial charge in [0.15, 0.2) is 11.5 Å². The van der Waals surface area contributed by atoms with Crippen LogP contribution >= 0.6 is 0 Å². The monoisotopic (exact) mass is 289 g/mol. The Hall–Kier alpha value is -2.01. The lowest BCUT2D eigenvalue weighted by molar-refractivity contribution is 0.354. The molecule has 0 amide bonds. The SMILES string of the molecule is CCCn1cc(-c2cc(OC)c(OC)cc2CNC)cn1. The van der Waals surface area contributed by atoms with Crippen LogP contribution in [0.4, 0.5) is 0 Å². The number of aryl methyl sites for hydroxylation is 1. The number of nitrogens with one attached hydrogen (secondary N) is 1. The van der Waals surface area contributed by atoms with Gasteiger partial charge in [-0.05, 0) is 36.7 Å². The van der Waals surface area contributed by atoms with Crippen LogP contribution in [0.2, 0.25) is 0 Å². The van der Waals surface area contributed by atoms with Crippen molar-refractivity contribution in [1.29, 1.82) is 0 Å². The highest BCUT2D eigenvalue weighted by molar-refractivity contribution is 5.70. The predicted molar refractivity (Wildman–Crippen MR) is 83.8 cm³/mol.